The monoisotopic (exact) mass is 355 g/mol. The molecule has 4 rings (SSSR count). The van der Waals surface area contributed by atoms with Gasteiger partial charge in [-0.15, -0.1) is 11.3 Å². The van der Waals surface area contributed by atoms with Gasteiger partial charge in [-0.3, -0.25) is 4.99 Å². The zero-order valence-electron chi connectivity index (χ0n) is 13.9. The Kier molecular flexibility index (Phi) is 4.15. The molecule has 1 aliphatic rings. The molecule has 7 heteroatoms. The average Bonchev–Trinajstić information content (AvgIpc) is 3.32. The van der Waals surface area contributed by atoms with Gasteiger partial charge in [-0.2, -0.15) is 5.10 Å². The van der Waals surface area contributed by atoms with E-state index in [1.807, 2.05) is 49.6 Å². The van der Waals surface area contributed by atoms with Crippen LogP contribution in [0, 0.1) is 0 Å². The van der Waals surface area contributed by atoms with Crippen LogP contribution in [0.5, 0.6) is 11.5 Å². The van der Waals surface area contributed by atoms with E-state index in [1.165, 1.54) is 11.3 Å². The Morgan fingerprint density at radius 1 is 1.20 bits per heavy atom. The number of nitrogens with zero attached hydrogens (tertiary/aromatic N) is 3. The Morgan fingerprint density at radius 2 is 2.08 bits per heavy atom. The number of furan rings is 1. The van der Waals surface area contributed by atoms with Crippen molar-refractivity contribution in [3.63, 3.8) is 0 Å². The summed E-state index contributed by atoms with van der Waals surface area (Å²) < 4.78 is 18.1. The zero-order chi connectivity index (χ0) is 17.2. The van der Waals surface area contributed by atoms with Crippen LogP contribution in [0.3, 0.4) is 0 Å². The number of thiazole rings is 1. The van der Waals surface area contributed by atoms with E-state index in [2.05, 4.69) is 10.1 Å². The molecule has 1 aliphatic heterocycles. The number of rotatable bonds is 4. The molecule has 3 heterocycles. The lowest BCUT2D eigenvalue weighted by atomic mass is 10.2. The van der Waals surface area contributed by atoms with Crippen molar-refractivity contribution < 1.29 is 13.9 Å². The first-order valence-electron chi connectivity index (χ1n) is 7.93. The molecule has 0 N–H and O–H groups in total. The molecule has 0 atom stereocenters. The first kappa shape index (κ1) is 15.7. The standard InChI is InChI=1S/C18H17N3O3S/c1-12(2)20-18-21(14(10-25-18)15-4-3-7-22-15)19-9-13-5-6-16-17(8-13)24-11-23-16/h3-10,12H,11H2,1-2H3. The molecular formula is C18H17N3O3S. The highest BCUT2D eigenvalue weighted by Crippen LogP contribution is 2.32. The Balaban J connectivity index is 1.74. The normalized spacial score (nSPS) is 14.1. The maximum Gasteiger partial charge on any atom is 0.231 e. The molecule has 0 amide bonds. The molecule has 0 saturated heterocycles. The predicted molar refractivity (Wildman–Crippen MR) is 96.3 cm³/mol. The minimum atomic E-state index is 0.176. The quantitative estimate of drug-likeness (QED) is 0.670. The van der Waals surface area contributed by atoms with Crippen LogP contribution in [0.15, 0.2) is 56.5 Å². The largest absolute Gasteiger partial charge is 0.463 e. The summed E-state index contributed by atoms with van der Waals surface area (Å²) in [7, 11) is 0. The molecule has 2 aromatic heterocycles. The van der Waals surface area contributed by atoms with E-state index in [9.17, 15) is 0 Å². The smallest absolute Gasteiger partial charge is 0.231 e. The van der Waals surface area contributed by atoms with Crippen LogP contribution in [0.2, 0.25) is 0 Å². The Bertz CT molecular complexity index is 968. The van der Waals surface area contributed by atoms with E-state index in [1.54, 1.807) is 17.2 Å². The molecule has 0 radical (unpaired) electrons. The molecule has 6 nitrogen and oxygen atoms in total. The van der Waals surface area contributed by atoms with Gasteiger partial charge in [0.2, 0.25) is 11.6 Å². The number of aromatic nitrogens is 1. The third kappa shape index (κ3) is 3.23. The predicted octanol–water partition coefficient (Wildman–Crippen LogP) is 3.73. The molecule has 3 aromatic rings. The average molecular weight is 355 g/mol. The van der Waals surface area contributed by atoms with Gasteiger partial charge in [0.05, 0.1) is 12.5 Å². The van der Waals surface area contributed by atoms with Gasteiger partial charge in [0.15, 0.2) is 17.3 Å². The SMILES string of the molecule is CC(C)N=c1scc(-c2ccco2)n1N=Cc1ccc2c(c1)OCO2. The van der Waals surface area contributed by atoms with Crippen LogP contribution < -0.4 is 14.3 Å². The summed E-state index contributed by atoms with van der Waals surface area (Å²) >= 11 is 1.54. The van der Waals surface area contributed by atoms with Crippen molar-refractivity contribution in [3.05, 3.63) is 52.3 Å². The minimum absolute atomic E-state index is 0.176. The summed E-state index contributed by atoms with van der Waals surface area (Å²) in [6.07, 6.45) is 3.43. The van der Waals surface area contributed by atoms with Crippen molar-refractivity contribution >= 4 is 17.6 Å². The van der Waals surface area contributed by atoms with Crippen molar-refractivity contribution in [2.24, 2.45) is 10.1 Å². The minimum Gasteiger partial charge on any atom is -0.463 e. The molecule has 0 spiro atoms. The first-order valence-corrected chi connectivity index (χ1v) is 8.81. The van der Waals surface area contributed by atoms with E-state index in [0.29, 0.717) is 0 Å². The summed E-state index contributed by atoms with van der Waals surface area (Å²) in [6.45, 7) is 4.34. The molecule has 128 valence electrons. The second-order valence-corrected chi connectivity index (χ2v) is 6.61. The fourth-order valence-corrected chi connectivity index (χ4v) is 3.38. The van der Waals surface area contributed by atoms with E-state index in [0.717, 1.165) is 33.3 Å². The first-order chi connectivity index (χ1) is 12.2. The molecule has 1 aromatic carbocycles. The third-order valence-electron chi connectivity index (χ3n) is 3.55. The van der Waals surface area contributed by atoms with Gasteiger partial charge >= 0.3 is 0 Å². The second-order valence-electron chi connectivity index (χ2n) is 5.77. The van der Waals surface area contributed by atoms with Gasteiger partial charge in [0, 0.05) is 11.4 Å². The van der Waals surface area contributed by atoms with E-state index in [4.69, 9.17) is 13.9 Å². The summed E-state index contributed by atoms with van der Waals surface area (Å²) in [6, 6.07) is 9.68. The highest BCUT2D eigenvalue weighted by Gasteiger charge is 2.13. The maximum absolute atomic E-state index is 5.52. The second kappa shape index (κ2) is 6.60. The molecular weight excluding hydrogens is 338 g/mol. The topological polar surface area (TPSA) is 61.2 Å². The third-order valence-corrected chi connectivity index (χ3v) is 4.38. The number of hydrogen-bond acceptors (Lipinski definition) is 6. The van der Waals surface area contributed by atoms with Crippen molar-refractivity contribution in [3.8, 4) is 23.0 Å². The fourth-order valence-electron chi connectivity index (χ4n) is 2.43. The van der Waals surface area contributed by atoms with Crippen molar-refractivity contribution in [2.45, 2.75) is 19.9 Å². The van der Waals surface area contributed by atoms with Crippen LogP contribution >= 0.6 is 11.3 Å². The lowest BCUT2D eigenvalue weighted by Gasteiger charge is -2.02. The Hall–Kier alpha value is -2.80. The molecule has 0 fully saturated rings. The molecule has 0 saturated carbocycles. The zero-order valence-corrected chi connectivity index (χ0v) is 14.7. The summed E-state index contributed by atoms with van der Waals surface area (Å²) in [4.78, 5) is 5.46. The van der Waals surface area contributed by atoms with E-state index >= 15 is 0 Å². The number of ether oxygens (including phenoxy) is 2. The number of fused-ring (bicyclic) bond motifs is 1. The van der Waals surface area contributed by atoms with Gasteiger partial charge in [0.1, 0.15) is 5.69 Å². The van der Waals surface area contributed by atoms with Crippen molar-refractivity contribution in [1.29, 1.82) is 0 Å². The van der Waals surface area contributed by atoms with Gasteiger partial charge in [0.25, 0.3) is 0 Å². The lowest BCUT2D eigenvalue weighted by molar-refractivity contribution is 0.174. The summed E-state index contributed by atoms with van der Waals surface area (Å²) in [5, 5.41) is 6.62. The van der Waals surface area contributed by atoms with Crippen LogP contribution in [-0.2, 0) is 0 Å². The molecule has 0 aliphatic carbocycles. The van der Waals surface area contributed by atoms with E-state index in [-0.39, 0.29) is 12.8 Å². The van der Waals surface area contributed by atoms with Crippen LogP contribution in [-0.4, -0.2) is 23.7 Å². The van der Waals surface area contributed by atoms with E-state index < -0.39 is 0 Å². The summed E-state index contributed by atoms with van der Waals surface area (Å²) in [5.74, 6) is 2.24. The van der Waals surface area contributed by atoms with Gasteiger partial charge in [-0.1, -0.05) is 0 Å². The number of hydrogen-bond donors (Lipinski definition) is 0. The Labute approximate surface area is 148 Å². The van der Waals surface area contributed by atoms with Crippen molar-refractivity contribution in [2.75, 3.05) is 6.79 Å². The summed E-state index contributed by atoms with van der Waals surface area (Å²) in [5.41, 5.74) is 1.79. The number of benzene rings is 1. The van der Waals surface area contributed by atoms with Crippen LogP contribution in [0.1, 0.15) is 19.4 Å². The van der Waals surface area contributed by atoms with Gasteiger partial charge < -0.3 is 13.9 Å². The van der Waals surface area contributed by atoms with Gasteiger partial charge in [-0.25, -0.2) is 4.68 Å². The maximum atomic E-state index is 5.52. The van der Waals surface area contributed by atoms with Crippen LogP contribution in [0.4, 0.5) is 0 Å². The highest BCUT2D eigenvalue weighted by molar-refractivity contribution is 7.07. The van der Waals surface area contributed by atoms with Crippen LogP contribution in [0.25, 0.3) is 11.5 Å². The lowest BCUT2D eigenvalue weighted by Crippen LogP contribution is -2.14. The Morgan fingerprint density at radius 3 is 2.88 bits per heavy atom. The fraction of sp³-hybridized carbons (Fsp3) is 0.222. The van der Waals surface area contributed by atoms with Crippen molar-refractivity contribution in [1.82, 2.24) is 4.68 Å². The molecule has 0 bridgehead atoms. The molecule has 25 heavy (non-hydrogen) atoms. The molecule has 0 unspecified atom stereocenters. The highest BCUT2D eigenvalue weighted by atomic mass is 32.1. The van der Waals surface area contributed by atoms with Gasteiger partial charge in [-0.05, 0) is 49.7 Å².